The summed E-state index contributed by atoms with van der Waals surface area (Å²) in [6.07, 6.45) is 9.33. The van der Waals surface area contributed by atoms with Gasteiger partial charge in [0.25, 0.3) is 23.2 Å². The topological polar surface area (TPSA) is 112 Å². The maximum absolute atomic E-state index is 5.94. The summed E-state index contributed by atoms with van der Waals surface area (Å²) in [5.74, 6) is 0.816. The third-order valence-electron chi connectivity index (χ3n) is 4.44. The molecule has 2 aromatic rings. The van der Waals surface area contributed by atoms with E-state index >= 15 is 0 Å². The molecular formula is C17H32N6O2+2. The van der Waals surface area contributed by atoms with E-state index in [9.17, 15) is 0 Å². The van der Waals surface area contributed by atoms with Crippen molar-refractivity contribution in [3.05, 3.63) is 11.4 Å². The van der Waals surface area contributed by atoms with Crippen LogP contribution in [0.4, 0.5) is 11.8 Å². The second kappa shape index (κ2) is 10.0. The van der Waals surface area contributed by atoms with E-state index in [1.54, 1.807) is 0 Å². The molecular weight excluding hydrogens is 320 g/mol. The minimum atomic E-state index is 0.408. The molecule has 0 aliphatic carbocycles. The van der Waals surface area contributed by atoms with Crippen molar-refractivity contribution in [1.82, 2.24) is 10.5 Å². The van der Waals surface area contributed by atoms with Gasteiger partial charge in [-0.25, -0.2) is 0 Å². The van der Waals surface area contributed by atoms with Crippen molar-refractivity contribution in [3.63, 3.8) is 0 Å². The number of aryl methyl sites for hydroxylation is 2. The van der Waals surface area contributed by atoms with E-state index in [0.29, 0.717) is 11.8 Å². The van der Waals surface area contributed by atoms with Gasteiger partial charge < -0.3 is 11.5 Å². The van der Waals surface area contributed by atoms with E-state index in [1.165, 1.54) is 25.7 Å². The molecule has 2 heterocycles. The molecule has 0 amide bonds. The van der Waals surface area contributed by atoms with Gasteiger partial charge in [-0.3, -0.25) is 9.05 Å². The first-order chi connectivity index (χ1) is 12.2. The van der Waals surface area contributed by atoms with Crippen molar-refractivity contribution < 1.29 is 18.4 Å². The second-order valence-electron chi connectivity index (χ2n) is 6.48. The van der Waals surface area contributed by atoms with Gasteiger partial charge in [0.2, 0.25) is 10.5 Å². The standard InChI is InChI=1S/C17H32N6O2/c1-3-5-7-12-22-14(16(18)24-20-22)10-9-11-15-17(19)25-21-23(15)13-8-6-4-2/h3-13,18-19H2,1-2H3/q+2. The Hall–Kier alpha value is -2.12. The summed E-state index contributed by atoms with van der Waals surface area (Å²) in [6.45, 7) is 6.05. The van der Waals surface area contributed by atoms with E-state index in [4.69, 9.17) is 20.5 Å². The quantitative estimate of drug-likeness (QED) is 0.446. The summed E-state index contributed by atoms with van der Waals surface area (Å²) < 4.78 is 14.1. The highest BCUT2D eigenvalue weighted by Gasteiger charge is 2.25. The Morgan fingerprint density at radius 2 is 1.16 bits per heavy atom. The molecule has 0 radical (unpaired) electrons. The van der Waals surface area contributed by atoms with Crippen LogP contribution in [0.5, 0.6) is 0 Å². The number of nitrogens with two attached hydrogens (primary N) is 2. The minimum Gasteiger partial charge on any atom is -0.362 e. The van der Waals surface area contributed by atoms with Crippen molar-refractivity contribution in [2.45, 2.75) is 84.7 Å². The zero-order valence-corrected chi connectivity index (χ0v) is 15.5. The first-order valence-electron chi connectivity index (χ1n) is 9.45. The van der Waals surface area contributed by atoms with Gasteiger partial charge in [-0.15, -0.1) is 0 Å². The van der Waals surface area contributed by atoms with Gasteiger partial charge in [0.1, 0.15) is 0 Å². The Morgan fingerprint density at radius 1 is 0.720 bits per heavy atom. The van der Waals surface area contributed by atoms with Crippen molar-refractivity contribution in [3.8, 4) is 0 Å². The van der Waals surface area contributed by atoms with Crippen molar-refractivity contribution in [2.24, 2.45) is 0 Å². The van der Waals surface area contributed by atoms with Gasteiger partial charge >= 0.3 is 0 Å². The summed E-state index contributed by atoms with van der Waals surface area (Å²) in [5, 5.41) is 8.09. The van der Waals surface area contributed by atoms with Gasteiger partial charge in [0, 0.05) is 25.7 Å². The van der Waals surface area contributed by atoms with Gasteiger partial charge in [-0.05, 0) is 28.6 Å². The van der Waals surface area contributed by atoms with Crippen molar-refractivity contribution in [1.29, 1.82) is 0 Å². The smallest absolute Gasteiger partial charge is 0.296 e. The van der Waals surface area contributed by atoms with Crippen LogP contribution in [-0.2, 0) is 25.9 Å². The molecule has 0 saturated carbocycles. The highest BCUT2D eigenvalue weighted by molar-refractivity contribution is 5.27. The van der Waals surface area contributed by atoms with E-state index in [-0.39, 0.29) is 0 Å². The molecule has 8 nitrogen and oxygen atoms in total. The lowest BCUT2D eigenvalue weighted by Gasteiger charge is -1.97. The van der Waals surface area contributed by atoms with E-state index in [0.717, 1.165) is 56.6 Å². The van der Waals surface area contributed by atoms with Crippen molar-refractivity contribution >= 4 is 11.8 Å². The van der Waals surface area contributed by atoms with E-state index in [2.05, 4.69) is 24.4 Å². The van der Waals surface area contributed by atoms with Crippen molar-refractivity contribution in [2.75, 3.05) is 11.5 Å². The van der Waals surface area contributed by atoms with Gasteiger partial charge in [-0.1, -0.05) is 26.7 Å². The Labute approximate surface area is 149 Å². The number of rotatable bonds is 12. The SMILES string of the molecule is CCCCC[n+]1noc(N)c1CCCc1c(N)on[n+]1CCCCC. The fourth-order valence-electron chi connectivity index (χ4n) is 2.95. The van der Waals surface area contributed by atoms with Crippen LogP contribution >= 0.6 is 0 Å². The normalized spacial score (nSPS) is 11.3. The molecule has 0 aliphatic rings. The first kappa shape index (κ1) is 19.2. The zero-order chi connectivity index (χ0) is 18.1. The lowest BCUT2D eigenvalue weighted by molar-refractivity contribution is -0.769. The Kier molecular flexibility index (Phi) is 7.69. The van der Waals surface area contributed by atoms with Crippen LogP contribution < -0.4 is 20.8 Å². The van der Waals surface area contributed by atoms with Crippen LogP contribution in [-0.4, -0.2) is 10.5 Å². The van der Waals surface area contributed by atoms with Crippen LogP contribution in [0.1, 0.15) is 70.2 Å². The molecule has 8 heteroatoms. The molecule has 140 valence electrons. The average Bonchev–Trinajstić information content (AvgIpc) is 3.13. The molecule has 4 N–H and O–H groups in total. The van der Waals surface area contributed by atoms with Crippen LogP contribution in [0.2, 0.25) is 0 Å². The zero-order valence-electron chi connectivity index (χ0n) is 15.5. The molecule has 0 fully saturated rings. The van der Waals surface area contributed by atoms with Gasteiger partial charge in [0.15, 0.2) is 13.1 Å². The Balaban J connectivity index is 1.90. The molecule has 0 bridgehead atoms. The van der Waals surface area contributed by atoms with Crippen LogP contribution in [0, 0.1) is 0 Å². The number of aromatic nitrogens is 4. The Morgan fingerprint density at radius 3 is 1.56 bits per heavy atom. The predicted molar refractivity (Wildman–Crippen MR) is 93.3 cm³/mol. The molecule has 0 saturated heterocycles. The second-order valence-corrected chi connectivity index (χ2v) is 6.48. The third kappa shape index (κ3) is 5.44. The first-order valence-corrected chi connectivity index (χ1v) is 9.45. The maximum atomic E-state index is 5.94. The van der Waals surface area contributed by atoms with Crippen LogP contribution in [0.25, 0.3) is 0 Å². The van der Waals surface area contributed by atoms with E-state index < -0.39 is 0 Å². The van der Waals surface area contributed by atoms with Gasteiger partial charge in [0.05, 0.1) is 0 Å². The largest absolute Gasteiger partial charge is 0.362 e. The molecule has 0 spiro atoms. The third-order valence-corrected chi connectivity index (χ3v) is 4.44. The maximum Gasteiger partial charge on any atom is 0.296 e. The van der Waals surface area contributed by atoms with Gasteiger partial charge in [-0.2, -0.15) is 0 Å². The lowest BCUT2D eigenvalue weighted by atomic mass is 10.1. The molecule has 25 heavy (non-hydrogen) atoms. The summed E-state index contributed by atoms with van der Waals surface area (Å²) >= 11 is 0. The fraction of sp³-hybridized carbons (Fsp3) is 0.765. The highest BCUT2D eigenvalue weighted by Crippen LogP contribution is 2.13. The van der Waals surface area contributed by atoms with Crippen LogP contribution in [0.15, 0.2) is 9.05 Å². The number of unbranched alkanes of at least 4 members (excludes halogenated alkanes) is 4. The summed E-state index contributed by atoms with van der Waals surface area (Å²) in [7, 11) is 0. The summed E-state index contributed by atoms with van der Waals surface area (Å²) in [5.41, 5.74) is 13.8. The summed E-state index contributed by atoms with van der Waals surface area (Å²) in [6, 6.07) is 0. The molecule has 0 atom stereocenters. The fourth-order valence-corrected chi connectivity index (χ4v) is 2.95. The number of hydrogen-bond acceptors (Lipinski definition) is 6. The number of anilines is 2. The number of nitrogens with zero attached hydrogens (tertiary/aromatic N) is 4. The lowest BCUT2D eigenvalue weighted by Crippen LogP contribution is -2.40. The number of nitrogen functional groups attached to an aromatic ring is 2. The Bertz CT molecular complexity index is 583. The molecule has 0 aromatic carbocycles. The minimum absolute atomic E-state index is 0.408. The average molecular weight is 352 g/mol. The molecule has 0 aliphatic heterocycles. The highest BCUT2D eigenvalue weighted by atomic mass is 16.5. The molecule has 0 unspecified atom stereocenters. The monoisotopic (exact) mass is 352 g/mol. The van der Waals surface area contributed by atoms with E-state index in [1.807, 2.05) is 9.36 Å². The molecule has 2 aromatic heterocycles. The summed E-state index contributed by atoms with van der Waals surface area (Å²) in [4.78, 5) is 0. The van der Waals surface area contributed by atoms with Crippen LogP contribution in [0.3, 0.4) is 0 Å². The molecule has 2 rings (SSSR count). The predicted octanol–water partition coefficient (Wildman–Crippen LogP) is 1.96. The number of hydrogen-bond donors (Lipinski definition) is 2.